The Morgan fingerprint density at radius 3 is 2.77 bits per heavy atom. The molecule has 2 aromatic rings. The molecular formula is C15H12Cl2N2O3. The zero-order valence-corrected chi connectivity index (χ0v) is 12.8. The Bertz CT molecular complexity index is 697. The Balaban J connectivity index is 1.82. The second kappa shape index (κ2) is 7.68. The van der Waals surface area contributed by atoms with Crippen LogP contribution in [0.5, 0.6) is 0 Å². The standard InChI is InChI=1S/C15H12Cl2N2O3/c16-10-3-5-12(17)13(8-10)19-15(21)9-18-14(20)6-4-11-2-1-7-22-11/h1-8H,9H2,(H,18,20)(H,19,21)/b6-4+. The van der Waals surface area contributed by atoms with Crippen LogP contribution in [0.25, 0.3) is 6.08 Å². The van der Waals surface area contributed by atoms with Gasteiger partial charge in [-0.15, -0.1) is 0 Å². The lowest BCUT2D eigenvalue weighted by Crippen LogP contribution is -2.31. The quantitative estimate of drug-likeness (QED) is 0.821. The van der Waals surface area contributed by atoms with Crippen LogP contribution in [-0.4, -0.2) is 18.4 Å². The third kappa shape index (κ3) is 4.95. The number of amides is 2. The number of carbonyl (C=O) groups excluding carboxylic acids is 2. The SMILES string of the molecule is O=C(/C=C/c1ccco1)NCC(=O)Nc1cc(Cl)ccc1Cl. The lowest BCUT2D eigenvalue weighted by molar-refractivity contribution is -0.121. The molecule has 0 saturated carbocycles. The molecule has 0 unspecified atom stereocenters. The van der Waals surface area contributed by atoms with Crippen molar-refractivity contribution in [2.24, 2.45) is 0 Å². The molecule has 2 amide bonds. The normalized spacial score (nSPS) is 10.6. The monoisotopic (exact) mass is 338 g/mol. The Morgan fingerprint density at radius 1 is 1.23 bits per heavy atom. The van der Waals surface area contributed by atoms with E-state index in [0.717, 1.165) is 0 Å². The van der Waals surface area contributed by atoms with Gasteiger partial charge in [0, 0.05) is 11.1 Å². The van der Waals surface area contributed by atoms with Crippen LogP contribution >= 0.6 is 23.2 Å². The zero-order valence-electron chi connectivity index (χ0n) is 11.3. The van der Waals surface area contributed by atoms with Gasteiger partial charge in [0.05, 0.1) is 23.5 Å². The maximum Gasteiger partial charge on any atom is 0.244 e. The maximum absolute atomic E-state index is 11.7. The molecule has 7 heteroatoms. The first-order valence-corrected chi connectivity index (χ1v) is 7.04. The predicted octanol–water partition coefficient (Wildman–Crippen LogP) is 3.35. The lowest BCUT2D eigenvalue weighted by atomic mass is 10.3. The van der Waals surface area contributed by atoms with Crippen molar-refractivity contribution < 1.29 is 14.0 Å². The molecular weight excluding hydrogens is 327 g/mol. The van der Waals surface area contributed by atoms with Crippen molar-refractivity contribution in [3.05, 3.63) is 58.5 Å². The van der Waals surface area contributed by atoms with E-state index < -0.39 is 11.8 Å². The van der Waals surface area contributed by atoms with Crippen molar-refractivity contribution >= 4 is 46.8 Å². The summed E-state index contributed by atoms with van der Waals surface area (Å²) in [5.74, 6) is -0.280. The first-order valence-electron chi connectivity index (χ1n) is 6.29. The smallest absolute Gasteiger partial charge is 0.244 e. The van der Waals surface area contributed by atoms with Crippen LogP contribution < -0.4 is 10.6 Å². The molecule has 0 atom stereocenters. The van der Waals surface area contributed by atoms with E-state index in [-0.39, 0.29) is 6.54 Å². The zero-order chi connectivity index (χ0) is 15.9. The van der Waals surface area contributed by atoms with E-state index >= 15 is 0 Å². The number of halogens is 2. The molecule has 0 radical (unpaired) electrons. The van der Waals surface area contributed by atoms with Crippen molar-refractivity contribution in [2.75, 3.05) is 11.9 Å². The fourth-order valence-corrected chi connectivity index (χ4v) is 1.89. The molecule has 1 aromatic carbocycles. The van der Waals surface area contributed by atoms with E-state index in [1.807, 2.05) is 0 Å². The van der Waals surface area contributed by atoms with Crippen molar-refractivity contribution in [1.82, 2.24) is 5.32 Å². The average Bonchev–Trinajstić information content (AvgIpc) is 3.00. The van der Waals surface area contributed by atoms with Gasteiger partial charge in [0.15, 0.2) is 0 Å². The Hall–Kier alpha value is -2.24. The van der Waals surface area contributed by atoms with Gasteiger partial charge in [-0.3, -0.25) is 9.59 Å². The number of furan rings is 1. The molecule has 0 aliphatic heterocycles. The molecule has 2 rings (SSSR count). The molecule has 0 saturated heterocycles. The Morgan fingerprint density at radius 2 is 2.05 bits per heavy atom. The van der Waals surface area contributed by atoms with E-state index in [4.69, 9.17) is 27.6 Å². The van der Waals surface area contributed by atoms with Gasteiger partial charge in [0.1, 0.15) is 5.76 Å². The molecule has 1 heterocycles. The van der Waals surface area contributed by atoms with E-state index in [0.29, 0.717) is 21.5 Å². The minimum Gasteiger partial charge on any atom is -0.465 e. The van der Waals surface area contributed by atoms with Gasteiger partial charge < -0.3 is 15.1 Å². The molecule has 0 aliphatic carbocycles. The number of carbonyl (C=O) groups is 2. The van der Waals surface area contributed by atoms with Crippen LogP contribution in [0, 0.1) is 0 Å². The largest absolute Gasteiger partial charge is 0.465 e. The first-order chi connectivity index (χ1) is 10.5. The summed E-state index contributed by atoms with van der Waals surface area (Å²) in [4.78, 5) is 23.3. The van der Waals surface area contributed by atoms with Gasteiger partial charge in [0.2, 0.25) is 11.8 Å². The minimum atomic E-state index is -0.413. The van der Waals surface area contributed by atoms with E-state index in [1.165, 1.54) is 24.5 Å². The summed E-state index contributed by atoms with van der Waals surface area (Å²) >= 11 is 11.7. The Kier molecular flexibility index (Phi) is 5.63. The minimum absolute atomic E-state index is 0.190. The highest BCUT2D eigenvalue weighted by Crippen LogP contribution is 2.25. The second-order valence-corrected chi connectivity index (χ2v) is 5.08. The summed E-state index contributed by atoms with van der Waals surface area (Å²) in [5.41, 5.74) is 0.388. The molecule has 22 heavy (non-hydrogen) atoms. The van der Waals surface area contributed by atoms with Crippen molar-refractivity contribution in [1.29, 1.82) is 0 Å². The summed E-state index contributed by atoms with van der Waals surface area (Å²) in [6.07, 6.45) is 4.28. The summed E-state index contributed by atoms with van der Waals surface area (Å²) in [6, 6.07) is 8.13. The van der Waals surface area contributed by atoms with E-state index in [1.54, 1.807) is 24.3 Å². The van der Waals surface area contributed by atoms with Crippen LogP contribution in [-0.2, 0) is 9.59 Å². The van der Waals surface area contributed by atoms with Crippen LogP contribution in [0.4, 0.5) is 5.69 Å². The van der Waals surface area contributed by atoms with Gasteiger partial charge >= 0.3 is 0 Å². The summed E-state index contributed by atoms with van der Waals surface area (Å²) in [6.45, 7) is -0.190. The van der Waals surface area contributed by atoms with Crippen LogP contribution in [0.3, 0.4) is 0 Å². The van der Waals surface area contributed by atoms with Gasteiger partial charge in [-0.25, -0.2) is 0 Å². The van der Waals surface area contributed by atoms with Crippen molar-refractivity contribution in [2.45, 2.75) is 0 Å². The summed E-state index contributed by atoms with van der Waals surface area (Å²) < 4.78 is 5.04. The molecule has 0 fully saturated rings. The molecule has 114 valence electrons. The first kappa shape index (κ1) is 16.1. The summed E-state index contributed by atoms with van der Waals surface area (Å²) in [5, 5.41) is 5.82. The average molecular weight is 339 g/mol. The molecule has 2 N–H and O–H groups in total. The molecule has 0 bridgehead atoms. The highest BCUT2D eigenvalue weighted by molar-refractivity contribution is 6.35. The van der Waals surface area contributed by atoms with Gasteiger partial charge in [-0.1, -0.05) is 23.2 Å². The number of hydrogen-bond donors (Lipinski definition) is 2. The second-order valence-electron chi connectivity index (χ2n) is 4.24. The highest BCUT2D eigenvalue weighted by Gasteiger charge is 2.07. The topological polar surface area (TPSA) is 71.3 Å². The Labute approximate surface area is 136 Å². The maximum atomic E-state index is 11.7. The number of benzene rings is 1. The van der Waals surface area contributed by atoms with Crippen LogP contribution in [0.15, 0.2) is 47.1 Å². The van der Waals surface area contributed by atoms with Gasteiger partial charge in [-0.2, -0.15) is 0 Å². The third-order valence-electron chi connectivity index (χ3n) is 2.57. The fraction of sp³-hybridized carbons (Fsp3) is 0.0667. The molecule has 1 aromatic heterocycles. The van der Waals surface area contributed by atoms with Gasteiger partial charge in [-0.05, 0) is 36.4 Å². The number of hydrogen-bond acceptors (Lipinski definition) is 3. The number of nitrogens with one attached hydrogen (secondary N) is 2. The predicted molar refractivity (Wildman–Crippen MR) is 85.8 cm³/mol. The number of rotatable bonds is 5. The lowest BCUT2D eigenvalue weighted by Gasteiger charge is -2.07. The fourth-order valence-electron chi connectivity index (χ4n) is 1.56. The third-order valence-corrected chi connectivity index (χ3v) is 3.13. The van der Waals surface area contributed by atoms with Crippen LogP contribution in [0.2, 0.25) is 10.0 Å². The molecule has 0 spiro atoms. The summed E-state index contributed by atoms with van der Waals surface area (Å²) in [7, 11) is 0. The van der Waals surface area contributed by atoms with E-state index in [9.17, 15) is 9.59 Å². The van der Waals surface area contributed by atoms with Crippen molar-refractivity contribution in [3.63, 3.8) is 0 Å². The molecule has 5 nitrogen and oxygen atoms in total. The van der Waals surface area contributed by atoms with Gasteiger partial charge in [0.25, 0.3) is 0 Å². The van der Waals surface area contributed by atoms with Crippen LogP contribution in [0.1, 0.15) is 5.76 Å². The highest BCUT2D eigenvalue weighted by atomic mass is 35.5. The van der Waals surface area contributed by atoms with E-state index in [2.05, 4.69) is 10.6 Å². The number of anilines is 1. The molecule has 0 aliphatic rings. The van der Waals surface area contributed by atoms with Crippen molar-refractivity contribution in [3.8, 4) is 0 Å².